The van der Waals surface area contributed by atoms with Crippen LogP contribution in [0.3, 0.4) is 0 Å². The first kappa shape index (κ1) is 49.5. The van der Waals surface area contributed by atoms with Gasteiger partial charge in [0, 0.05) is 93.9 Å². The number of amides is 1. The number of esters is 1. The van der Waals surface area contributed by atoms with Crippen molar-refractivity contribution in [3.63, 3.8) is 0 Å². The van der Waals surface area contributed by atoms with Gasteiger partial charge in [0.2, 0.25) is 0 Å². The van der Waals surface area contributed by atoms with E-state index < -0.39 is 88.8 Å². The van der Waals surface area contributed by atoms with Crippen LogP contribution < -0.4 is 10.1 Å². The average molecular weight is 913 g/mol. The third-order valence-electron chi connectivity index (χ3n) is 13.3. The molecule has 6 N–H and O–H groups in total. The van der Waals surface area contributed by atoms with Gasteiger partial charge in [0.25, 0.3) is 11.7 Å². The van der Waals surface area contributed by atoms with Gasteiger partial charge in [-0.05, 0) is 31.9 Å². The van der Waals surface area contributed by atoms with Crippen LogP contribution in [-0.2, 0) is 30.2 Å². The minimum absolute atomic E-state index is 0.0538. The molecule has 4 aliphatic heterocycles. The Morgan fingerprint density at radius 1 is 0.924 bits per heavy atom. The van der Waals surface area contributed by atoms with Gasteiger partial charge in [0.05, 0.1) is 53.0 Å². The SMILES string of the molecule is COC1/C=C/OC2(C)Oc3c(C)c(O)c4c(O)c(c(/C=N/N5CCN(CCc6ccccc6)CC5)c(O)c4c3C2=O)NC(=O)/C(C)=C\C=C\C(C)C(O)C(C)C(O)C(C)C(OC(C)=O)C1C. The average Bonchev–Trinajstić information content (AvgIpc) is 3.56. The molecule has 16 nitrogen and oxygen atoms in total. The molecule has 3 aromatic carbocycles. The highest BCUT2D eigenvalue weighted by Crippen LogP contribution is 2.55. The van der Waals surface area contributed by atoms with E-state index in [1.54, 1.807) is 39.8 Å². The number of aliphatic hydroxyl groups excluding tert-OH is 2. The zero-order valence-electron chi connectivity index (χ0n) is 39.1. The van der Waals surface area contributed by atoms with E-state index in [-0.39, 0.29) is 44.5 Å². The monoisotopic (exact) mass is 912 g/mol. The van der Waals surface area contributed by atoms with Gasteiger partial charge in [-0.1, -0.05) is 76.3 Å². The number of nitrogens with one attached hydrogen (secondary N) is 1. The summed E-state index contributed by atoms with van der Waals surface area (Å²) in [7, 11) is 1.44. The molecule has 0 spiro atoms. The number of methoxy groups -OCH3 is 1. The molecular formula is C50H64N4O12. The topological polar surface area (TPSA) is 220 Å². The molecule has 3 aromatic rings. The summed E-state index contributed by atoms with van der Waals surface area (Å²) < 4.78 is 23.7. The fraction of sp³-hybridized carbons (Fsp3) is 0.480. The normalized spacial score (nSPS) is 29.9. The number of benzene rings is 3. The fourth-order valence-corrected chi connectivity index (χ4v) is 9.02. The number of ether oxygens (including phenoxy) is 4. The summed E-state index contributed by atoms with van der Waals surface area (Å²) in [5, 5.41) is 67.6. The Balaban J connectivity index is 1.43. The maximum Gasteiger partial charge on any atom is 0.312 e. The summed E-state index contributed by atoms with van der Waals surface area (Å²) in [5.41, 5.74) is 0.883. The van der Waals surface area contributed by atoms with Crippen molar-refractivity contribution in [1.29, 1.82) is 0 Å². The van der Waals surface area contributed by atoms with Gasteiger partial charge in [0.15, 0.2) is 5.75 Å². The van der Waals surface area contributed by atoms with Crippen LogP contribution in [0.5, 0.6) is 23.0 Å². The highest BCUT2D eigenvalue weighted by molar-refractivity contribution is 6.23. The second-order valence-corrected chi connectivity index (χ2v) is 17.9. The molecule has 0 radical (unpaired) electrons. The molecule has 9 atom stereocenters. The number of fused-ring (bicyclic) bond motifs is 14. The van der Waals surface area contributed by atoms with Gasteiger partial charge in [-0.15, -0.1) is 0 Å². The lowest BCUT2D eigenvalue weighted by Crippen LogP contribution is -2.46. The molecule has 4 heterocycles. The lowest BCUT2D eigenvalue weighted by molar-refractivity contribution is -0.160. The quantitative estimate of drug-likeness (QED) is 0.0699. The van der Waals surface area contributed by atoms with E-state index in [1.165, 1.54) is 65.0 Å². The number of phenols is 3. The maximum absolute atomic E-state index is 14.6. The number of rotatable bonds is 7. The summed E-state index contributed by atoms with van der Waals surface area (Å²) in [5.74, 6) is -8.40. The minimum Gasteiger partial charge on any atom is -0.507 e. The molecule has 7 rings (SSSR count). The molecule has 1 fully saturated rings. The number of anilines is 1. The third kappa shape index (κ3) is 10.2. The van der Waals surface area contributed by atoms with Crippen LogP contribution in [0.4, 0.5) is 5.69 Å². The number of aliphatic hydroxyl groups is 2. The minimum atomic E-state index is -2.06. The van der Waals surface area contributed by atoms with E-state index in [4.69, 9.17) is 18.9 Å². The number of phenolic OH excluding ortho intramolecular Hbond substituents is 3. The number of allylic oxidation sites excluding steroid dienone is 2. The Labute approximate surface area is 385 Å². The van der Waals surface area contributed by atoms with Gasteiger partial charge >= 0.3 is 11.8 Å². The number of piperazine rings is 1. The molecule has 0 aliphatic carbocycles. The number of hydrogen-bond donors (Lipinski definition) is 6. The van der Waals surface area contributed by atoms with Gasteiger partial charge < -0.3 is 49.8 Å². The van der Waals surface area contributed by atoms with Crippen molar-refractivity contribution in [2.45, 2.75) is 92.0 Å². The summed E-state index contributed by atoms with van der Waals surface area (Å²) in [6, 6.07) is 10.2. The Kier molecular flexibility index (Phi) is 15.5. The molecule has 9 unspecified atom stereocenters. The summed E-state index contributed by atoms with van der Waals surface area (Å²) in [6.07, 6.45) is 5.78. The van der Waals surface area contributed by atoms with Crippen molar-refractivity contribution in [3.05, 3.63) is 88.7 Å². The van der Waals surface area contributed by atoms with E-state index in [1.807, 2.05) is 23.2 Å². The molecule has 66 heavy (non-hydrogen) atoms. The van der Waals surface area contributed by atoms with Crippen LogP contribution >= 0.6 is 0 Å². The standard InChI is InChI=1S/C50H64N4O12/c1-27-14-13-15-28(2)49(62)52-40-35(26-51-54-23-21-53(22-24-54)20-18-34-16-11-10-12-17-34)44(59)37-38(45(40)60)43(58)32(6)47-39(37)48(61)50(8,66-47)64-25-19-36(63-9)29(3)46(65-33(7)55)31(5)42(57)30(4)41(27)56/h10-17,19,25-27,29-31,36,41-42,46,56-60H,18,20-24H2,1-9H3,(H,52,62)/b14-13+,25-19+,28-15-,51-26+. The van der Waals surface area contributed by atoms with Crippen LogP contribution in [0.15, 0.2) is 71.6 Å². The lowest BCUT2D eigenvalue weighted by atomic mass is 9.78. The first-order valence-corrected chi connectivity index (χ1v) is 22.4. The van der Waals surface area contributed by atoms with E-state index >= 15 is 0 Å². The molecule has 1 amide bonds. The van der Waals surface area contributed by atoms with E-state index in [9.17, 15) is 39.9 Å². The highest BCUT2D eigenvalue weighted by atomic mass is 16.7. The van der Waals surface area contributed by atoms with Crippen molar-refractivity contribution in [2.24, 2.45) is 28.8 Å². The van der Waals surface area contributed by atoms with E-state index in [2.05, 4.69) is 27.5 Å². The van der Waals surface area contributed by atoms with Crippen LogP contribution in [-0.4, -0.2) is 129 Å². The van der Waals surface area contributed by atoms with Gasteiger partial charge in [0.1, 0.15) is 23.4 Å². The number of aromatic hydroxyl groups is 3. The van der Waals surface area contributed by atoms with Gasteiger partial charge in [-0.2, -0.15) is 5.10 Å². The van der Waals surface area contributed by atoms with Crippen molar-refractivity contribution < 1.29 is 58.9 Å². The van der Waals surface area contributed by atoms with E-state index in [0.717, 1.165) is 13.0 Å². The highest BCUT2D eigenvalue weighted by Gasteiger charge is 2.50. The largest absolute Gasteiger partial charge is 0.507 e. The number of Topliss-reactive ketones (excluding diaryl/α,β-unsaturated/α-hetero) is 1. The first-order valence-electron chi connectivity index (χ1n) is 22.4. The fourth-order valence-electron chi connectivity index (χ4n) is 9.02. The lowest BCUT2D eigenvalue weighted by Gasteiger charge is -2.38. The first-order chi connectivity index (χ1) is 31.3. The Bertz CT molecular complexity index is 2410. The zero-order valence-corrected chi connectivity index (χ0v) is 39.1. The molecule has 356 valence electrons. The van der Waals surface area contributed by atoms with Gasteiger partial charge in [-0.3, -0.25) is 24.3 Å². The van der Waals surface area contributed by atoms with Crippen LogP contribution in [0.25, 0.3) is 10.8 Å². The molecule has 1 saturated heterocycles. The van der Waals surface area contributed by atoms with Crippen molar-refractivity contribution in [2.75, 3.05) is 45.2 Å². The Morgan fingerprint density at radius 2 is 1.61 bits per heavy atom. The number of hydrogen-bond acceptors (Lipinski definition) is 15. The summed E-state index contributed by atoms with van der Waals surface area (Å²) in [4.78, 5) is 43.2. The Morgan fingerprint density at radius 3 is 2.26 bits per heavy atom. The predicted molar refractivity (Wildman–Crippen MR) is 250 cm³/mol. The zero-order chi connectivity index (χ0) is 48.2. The van der Waals surface area contributed by atoms with Crippen LogP contribution in [0.1, 0.15) is 75.5 Å². The van der Waals surface area contributed by atoms with E-state index in [0.29, 0.717) is 26.2 Å². The van der Waals surface area contributed by atoms with Crippen molar-refractivity contribution in [3.8, 4) is 23.0 Å². The molecular weight excluding hydrogens is 849 g/mol. The predicted octanol–water partition coefficient (Wildman–Crippen LogP) is 5.95. The maximum atomic E-state index is 14.6. The van der Waals surface area contributed by atoms with Gasteiger partial charge in [-0.25, -0.2) is 0 Å². The number of carbonyl (C=O) groups is 3. The van der Waals surface area contributed by atoms with Crippen LogP contribution in [0, 0.1) is 30.6 Å². The molecule has 4 aliphatic rings. The second-order valence-electron chi connectivity index (χ2n) is 17.9. The van der Waals surface area contributed by atoms with Crippen molar-refractivity contribution >= 4 is 40.3 Å². The third-order valence-corrected chi connectivity index (χ3v) is 13.3. The number of nitrogens with zero attached hydrogens (tertiary/aromatic N) is 3. The molecule has 0 aromatic heterocycles. The summed E-state index contributed by atoms with van der Waals surface area (Å²) in [6.45, 7) is 15.9. The number of carbonyl (C=O) groups excluding carboxylic acids is 3. The second kappa shape index (κ2) is 20.7. The summed E-state index contributed by atoms with van der Waals surface area (Å²) >= 11 is 0. The smallest absolute Gasteiger partial charge is 0.312 e. The molecule has 16 heteroatoms. The molecule has 0 saturated carbocycles. The van der Waals surface area contributed by atoms with Crippen molar-refractivity contribution in [1.82, 2.24) is 9.91 Å². The molecule has 5 bridgehead atoms. The number of ketones is 1. The number of hydrazone groups is 1. The van der Waals surface area contributed by atoms with Crippen LogP contribution in [0.2, 0.25) is 0 Å². The Hall–Kier alpha value is -5.94.